The fourth-order valence-corrected chi connectivity index (χ4v) is 4.35. The van der Waals surface area contributed by atoms with E-state index in [4.69, 9.17) is 9.84 Å². The monoisotopic (exact) mass is 436 g/mol. The molecular formula is C25H28N2O5. The lowest BCUT2D eigenvalue weighted by Crippen LogP contribution is -2.44. The molecule has 2 amide bonds. The number of carbonyl (C=O) groups excluding carboxylic acids is 2. The van der Waals surface area contributed by atoms with Crippen molar-refractivity contribution in [1.29, 1.82) is 0 Å². The number of aliphatic carboxylic acids is 1. The first-order valence-corrected chi connectivity index (χ1v) is 11.0. The number of nitrogens with one attached hydrogen (secondary N) is 2. The van der Waals surface area contributed by atoms with Gasteiger partial charge in [-0.3, -0.25) is 9.59 Å². The molecule has 7 heteroatoms. The maximum absolute atomic E-state index is 12.4. The van der Waals surface area contributed by atoms with Crippen molar-refractivity contribution in [3.63, 3.8) is 0 Å². The van der Waals surface area contributed by atoms with E-state index in [0.29, 0.717) is 13.0 Å². The Kier molecular flexibility index (Phi) is 6.17. The Morgan fingerprint density at radius 2 is 1.62 bits per heavy atom. The average Bonchev–Trinajstić information content (AvgIpc) is 3.51. The molecule has 3 N–H and O–H groups in total. The number of carbonyl (C=O) groups is 3. The minimum absolute atomic E-state index is 0.00551. The Hall–Kier alpha value is -3.35. The summed E-state index contributed by atoms with van der Waals surface area (Å²) < 4.78 is 5.54. The highest BCUT2D eigenvalue weighted by molar-refractivity contribution is 5.81. The molecule has 7 nitrogen and oxygen atoms in total. The summed E-state index contributed by atoms with van der Waals surface area (Å²) in [5.74, 6) is -1.89. The van der Waals surface area contributed by atoms with Crippen LogP contribution in [0.5, 0.6) is 0 Å². The number of rotatable bonds is 8. The van der Waals surface area contributed by atoms with Crippen molar-refractivity contribution in [2.75, 3.05) is 13.2 Å². The van der Waals surface area contributed by atoms with E-state index < -0.39 is 24.0 Å². The lowest BCUT2D eigenvalue weighted by atomic mass is 9.98. The Morgan fingerprint density at radius 3 is 2.19 bits per heavy atom. The number of benzene rings is 2. The molecule has 2 aromatic carbocycles. The predicted molar refractivity (Wildman–Crippen MR) is 119 cm³/mol. The van der Waals surface area contributed by atoms with Gasteiger partial charge in [0.15, 0.2) is 0 Å². The Morgan fingerprint density at radius 1 is 1.03 bits per heavy atom. The minimum atomic E-state index is -0.817. The highest BCUT2D eigenvalue weighted by atomic mass is 16.5. The first-order valence-electron chi connectivity index (χ1n) is 11.0. The van der Waals surface area contributed by atoms with Gasteiger partial charge in [-0.15, -0.1) is 0 Å². The summed E-state index contributed by atoms with van der Waals surface area (Å²) in [6.45, 7) is 4.04. The van der Waals surface area contributed by atoms with Gasteiger partial charge in [0.25, 0.3) is 0 Å². The molecule has 32 heavy (non-hydrogen) atoms. The molecule has 0 aromatic heterocycles. The molecule has 0 heterocycles. The largest absolute Gasteiger partial charge is 0.481 e. The molecule has 0 spiro atoms. The van der Waals surface area contributed by atoms with Crippen LogP contribution in [0.15, 0.2) is 48.5 Å². The van der Waals surface area contributed by atoms with Crippen LogP contribution >= 0.6 is 0 Å². The van der Waals surface area contributed by atoms with Crippen LogP contribution in [0.4, 0.5) is 4.79 Å². The predicted octanol–water partition coefficient (Wildman–Crippen LogP) is 3.39. The lowest BCUT2D eigenvalue weighted by Gasteiger charge is -2.21. The molecule has 2 aliphatic rings. The van der Waals surface area contributed by atoms with Crippen molar-refractivity contribution in [1.82, 2.24) is 10.6 Å². The first-order chi connectivity index (χ1) is 15.4. The van der Waals surface area contributed by atoms with E-state index in [1.165, 1.54) is 0 Å². The number of alkyl carbamates (subject to hydrolysis) is 1. The molecule has 0 radical (unpaired) electrons. The molecule has 2 aliphatic carbocycles. The van der Waals surface area contributed by atoms with E-state index in [0.717, 1.165) is 22.3 Å². The molecule has 2 aromatic rings. The summed E-state index contributed by atoms with van der Waals surface area (Å²) in [7, 11) is 0. The maximum Gasteiger partial charge on any atom is 0.407 e. The molecule has 168 valence electrons. The summed E-state index contributed by atoms with van der Waals surface area (Å²) in [6.07, 6.45) is 0.0320. The molecule has 1 fully saturated rings. The number of carboxylic acids is 1. The van der Waals surface area contributed by atoms with Gasteiger partial charge in [-0.2, -0.15) is 0 Å². The summed E-state index contributed by atoms with van der Waals surface area (Å²) in [6, 6.07) is 15.8. The summed E-state index contributed by atoms with van der Waals surface area (Å²) in [4.78, 5) is 35.7. The number of carboxylic acid groups (broad SMARTS) is 1. The van der Waals surface area contributed by atoms with E-state index >= 15 is 0 Å². The zero-order valence-electron chi connectivity index (χ0n) is 18.2. The van der Waals surface area contributed by atoms with Gasteiger partial charge in [-0.25, -0.2) is 4.79 Å². The fourth-order valence-electron chi connectivity index (χ4n) is 4.35. The maximum atomic E-state index is 12.4. The van der Waals surface area contributed by atoms with Crippen LogP contribution < -0.4 is 10.6 Å². The van der Waals surface area contributed by atoms with Crippen LogP contribution in [0.2, 0.25) is 0 Å². The van der Waals surface area contributed by atoms with Gasteiger partial charge in [0, 0.05) is 18.5 Å². The second kappa shape index (κ2) is 9.02. The van der Waals surface area contributed by atoms with Gasteiger partial charge in [0.2, 0.25) is 5.91 Å². The Bertz CT molecular complexity index is 991. The van der Waals surface area contributed by atoms with E-state index in [9.17, 15) is 14.4 Å². The zero-order valence-corrected chi connectivity index (χ0v) is 18.2. The third-order valence-corrected chi connectivity index (χ3v) is 6.63. The van der Waals surface area contributed by atoms with Gasteiger partial charge >= 0.3 is 12.1 Å². The van der Waals surface area contributed by atoms with Crippen LogP contribution in [-0.2, 0) is 14.3 Å². The molecule has 0 saturated heterocycles. The van der Waals surface area contributed by atoms with Crippen molar-refractivity contribution in [2.24, 2.45) is 17.8 Å². The normalized spacial score (nSPS) is 20.4. The quantitative estimate of drug-likeness (QED) is 0.588. The van der Waals surface area contributed by atoms with E-state index in [2.05, 4.69) is 34.9 Å². The molecule has 0 bridgehead atoms. The third kappa shape index (κ3) is 4.47. The van der Waals surface area contributed by atoms with Crippen LogP contribution in [0.1, 0.15) is 37.3 Å². The Balaban J connectivity index is 1.28. The van der Waals surface area contributed by atoms with Crippen molar-refractivity contribution in [2.45, 2.75) is 32.2 Å². The molecule has 4 atom stereocenters. The molecular weight excluding hydrogens is 408 g/mol. The standard InChI is InChI=1S/C25H28N2O5/c1-14(23(28)26-12-16-11-21(16)24(29)30)15(2)27-25(31)32-13-22-19-9-5-3-7-17(19)18-8-4-6-10-20(18)22/h3-10,14-16,21-22H,11-13H2,1-2H3,(H,26,28)(H,27,31)(H,29,30). The van der Waals surface area contributed by atoms with Gasteiger partial charge in [0.05, 0.1) is 11.8 Å². The van der Waals surface area contributed by atoms with Gasteiger partial charge in [-0.1, -0.05) is 55.5 Å². The fraction of sp³-hybridized carbons (Fsp3) is 0.400. The lowest BCUT2D eigenvalue weighted by molar-refractivity contribution is -0.139. The van der Waals surface area contributed by atoms with E-state index in [1.54, 1.807) is 13.8 Å². The number of fused-ring (bicyclic) bond motifs is 3. The van der Waals surface area contributed by atoms with Gasteiger partial charge in [0.1, 0.15) is 6.61 Å². The minimum Gasteiger partial charge on any atom is -0.481 e. The number of amides is 2. The highest BCUT2D eigenvalue weighted by Crippen LogP contribution is 2.44. The number of hydrogen-bond donors (Lipinski definition) is 3. The van der Waals surface area contributed by atoms with Gasteiger partial charge < -0.3 is 20.5 Å². The summed E-state index contributed by atoms with van der Waals surface area (Å²) >= 11 is 0. The second-order valence-electron chi connectivity index (χ2n) is 8.73. The number of hydrogen-bond acceptors (Lipinski definition) is 4. The average molecular weight is 437 g/mol. The van der Waals surface area contributed by atoms with E-state index in [-0.39, 0.29) is 30.3 Å². The topological polar surface area (TPSA) is 105 Å². The first kappa shape index (κ1) is 21.9. The molecule has 0 aliphatic heterocycles. The zero-order chi connectivity index (χ0) is 22.8. The summed E-state index contributed by atoms with van der Waals surface area (Å²) in [5.41, 5.74) is 4.61. The highest BCUT2D eigenvalue weighted by Gasteiger charge is 2.43. The van der Waals surface area contributed by atoms with E-state index in [1.807, 2.05) is 24.3 Å². The Labute approximate surface area is 187 Å². The van der Waals surface area contributed by atoms with Crippen LogP contribution in [0, 0.1) is 17.8 Å². The van der Waals surface area contributed by atoms with Crippen molar-refractivity contribution in [3.8, 4) is 11.1 Å². The van der Waals surface area contributed by atoms with Crippen LogP contribution in [0.3, 0.4) is 0 Å². The van der Waals surface area contributed by atoms with Crippen LogP contribution in [0.25, 0.3) is 11.1 Å². The van der Waals surface area contributed by atoms with Crippen molar-refractivity contribution >= 4 is 18.0 Å². The molecule has 4 unspecified atom stereocenters. The third-order valence-electron chi connectivity index (χ3n) is 6.63. The molecule has 1 saturated carbocycles. The smallest absolute Gasteiger partial charge is 0.407 e. The van der Waals surface area contributed by atoms with Crippen molar-refractivity contribution < 1.29 is 24.2 Å². The van der Waals surface area contributed by atoms with Crippen molar-refractivity contribution in [3.05, 3.63) is 59.7 Å². The molecule has 4 rings (SSSR count). The van der Waals surface area contributed by atoms with Gasteiger partial charge in [-0.05, 0) is 41.5 Å². The summed E-state index contributed by atoms with van der Waals surface area (Å²) in [5, 5.41) is 14.5. The SMILES string of the molecule is CC(NC(=O)OCC1c2ccccc2-c2ccccc21)C(C)C(=O)NCC1CC1C(=O)O. The second-order valence-corrected chi connectivity index (χ2v) is 8.73. The van der Waals surface area contributed by atoms with Crippen LogP contribution in [-0.4, -0.2) is 42.3 Å². The number of ether oxygens (including phenoxy) is 1.